The summed E-state index contributed by atoms with van der Waals surface area (Å²) in [4.78, 5) is 44.4. The first-order chi connectivity index (χ1) is 19.9. The number of amides is 2. The summed E-state index contributed by atoms with van der Waals surface area (Å²) in [7, 11) is 1.33. The molecule has 0 saturated carbocycles. The molecule has 1 aliphatic rings. The van der Waals surface area contributed by atoms with Gasteiger partial charge in [-0.3, -0.25) is 14.5 Å². The molecule has 0 radical (unpaired) electrons. The summed E-state index contributed by atoms with van der Waals surface area (Å²) >= 11 is 0. The molecule has 216 valence electrons. The van der Waals surface area contributed by atoms with Gasteiger partial charge in [0.2, 0.25) is 11.8 Å². The van der Waals surface area contributed by atoms with Crippen molar-refractivity contribution in [1.29, 1.82) is 0 Å². The lowest BCUT2D eigenvalue weighted by Crippen LogP contribution is -2.53. The van der Waals surface area contributed by atoms with E-state index in [-0.39, 0.29) is 17.7 Å². The number of carbonyl (C=O) groups is 3. The maximum atomic E-state index is 14.5. The summed E-state index contributed by atoms with van der Waals surface area (Å²) in [6, 6.07) is 28.1. The number of ether oxygens (including phenoxy) is 1. The first-order valence-electron chi connectivity index (χ1n) is 14.4. The van der Waals surface area contributed by atoms with Gasteiger partial charge in [0.15, 0.2) is 0 Å². The Morgan fingerprint density at radius 2 is 1.41 bits per heavy atom. The van der Waals surface area contributed by atoms with Crippen LogP contribution < -0.4 is 5.32 Å². The molecule has 1 aliphatic heterocycles. The lowest BCUT2D eigenvalue weighted by atomic mass is 10.0. The predicted molar refractivity (Wildman–Crippen MR) is 159 cm³/mol. The van der Waals surface area contributed by atoms with E-state index in [2.05, 4.69) is 34.5 Å². The fourth-order valence-corrected chi connectivity index (χ4v) is 5.58. The van der Waals surface area contributed by atoms with E-state index < -0.39 is 24.1 Å². The van der Waals surface area contributed by atoms with Crippen molar-refractivity contribution < 1.29 is 19.1 Å². The molecule has 3 atom stereocenters. The molecule has 0 aliphatic carbocycles. The summed E-state index contributed by atoms with van der Waals surface area (Å²) in [6.45, 7) is 5.59. The smallest absolute Gasteiger partial charge is 0.328 e. The van der Waals surface area contributed by atoms with Gasteiger partial charge in [-0.25, -0.2) is 4.79 Å². The maximum Gasteiger partial charge on any atom is 0.328 e. The van der Waals surface area contributed by atoms with Gasteiger partial charge in [-0.2, -0.15) is 0 Å². The van der Waals surface area contributed by atoms with Crippen molar-refractivity contribution >= 4 is 17.8 Å². The van der Waals surface area contributed by atoms with Gasteiger partial charge in [-0.1, -0.05) is 105 Å². The van der Waals surface area contributed by atoms with Crippen LogP contribution in [0, 0.1) is 5.92 Å². The summed E-state index contributed by atoms with van der Waals surface area (Å²) in [6.07, 6.45) is 1.73. The van der Waals surface area contributed by atoms with Crippen molar-refractivity contribution in [1.82, 2.24) is 15.1 Å². The second-order valence-corrected chi connectivity index (χ2v) is 11.1. The van der Waals surface area contributed by atoms with Gasteiger partial charge in [0.05, 0.1) is 7.11 Å². The summed E-state index contributed by atoms with van der Waals surface area (Å²) in [5.74, 6) is -0.703. The van der Waals surface area contributed by atoms with Crippen LogP contribution in [0.2, 0.25) is 0 Å². The zero-order valence-electron chi connectivity index (χ0n) is 24.2. The quantitative estimate of drug-likeness (QED) is 0.314. The van der Waals surface area contributed by atoms with Crippen LogP contribution in [-0.4, -0.2) is 53.3 Å². The molecule has 0 aromatic heterocycles. The third-order valence-corrected chi connectivity index (χ3v) is 7.52. The van der Waals surface area contributed by atoms with E-state index >= 15 is 0 Å². The molecule has 3 aromatic carbocycles. The number of nitrogens with zero attached hydrogens (tertiary/aromatic N) is 2. The number of methoxy groups -OCH3 is 1. The minimum Gasteiger partial charge on any atom is -0.467 e. The summed E-state index contributed by atoms with van der Waals surface area (Å²) < 4.78 is 4.95. The van der Waals surface area contributed by atoms with E-state index in [0.29, 0.717) is 32.5 Å². The van der Waals surface area contributed by atoms with E-state index in [1.165, 1.54) is 7.11 Å². The van der Waals surface area contributed by atoms with Gasteiger partial charge >= 0.3 is 5.97 Å². The van der Waals surface area contributed by atoms with Crippen LogP contribution in [0.3, 0.4) is 0 Å². The third-order valence-electron chi connectivity index (χ3n) is 7.52. The fraction of sp³-hybridized carbons (Fsp3) is 0.382. The monoisotopic (exact) mass is 555 g/mol. The van der Waals surface area contributed by atoms with Crippen LogP contribution in [0.4, 0.5) is 0 Å². The van der Waals surface area contributed by atoms with Crippen molar-refractivity contribution in [3.05, 3.63) is 108 Å². The largest absolute Gasteiger partial charge is 0.467 e. The molecule has 1 saturated heterocycles. The number of rotatable bonds is 12. The Kier molecular flexibility index (Phi) is 10.7. The van der Waals surface area contributed by atoms with Crippen molar-refractivity contribution in [3.63, 3.8) is 0 Å². The molecular formula is C34H41N3O4. The van der Waals surface area contributed by atoms with E-state index in [9.17, 15) is 14.4 Å². The minimum atomic E-state index is -0.748. The number of hydrogen-bond acceptors (Lipinski definition) is 5. The molecule has 4 rings (SSSR count). The zero-order valence-corrected chi connectivity index (χ0v) is 24.2. The Morgan fingerprint density at radius 3 is 1.93 bits per heavy atom. The predicted octanol–water partition coefficient (Wildman–Crippen LogP) is 5.13. The lowest BCUT2D eigenvalue weighted by Gasteiger charge is -2.36. The Labute approximate surface area is 243 Å². The second kappa shape index (κ2) is 14.6. The van der Waals surface area contributed by atoms with Crippen molar-refractivity contribution in [2.24, 2.45) is 5.92 Å². The first kappa shape index (κ1) is 30.0. The van der Waals surface area contributed by atoms with Crippen LogP contribution >= 0.6 is 0 Å². The van der Waals surface area contributed by atoms with Crippen LogP contribution in [-0.2, 0) is 32.2 Å². The van der Waals surface area contributed by atoms with Crippen molar-refractivity contribution in [2.45, 2.75) is 64.3 Å². The summed E-state index contributed by atoms with van der Waals surface area (Å²) in [5, 5.41) is 2.89. The molecule has 2 amide bonds. The minimum absolute atomic E-state index is 0.112. The SMILES string of the molecule is COC(=O)[C@H](CC(C)C)NC(=O)[C@@H]1CCCN1C(=O)[C@@H](c1ccccc1)N(Cc1ccccc1)Cc1ccccc1. The van der Waals surface area contributed by atoms with Gasteiger partial charge < -0.3 is 15.0 Å². The number of carbonyl (C=O) groups excluding carboxylic acids is 3. The van der Waals surface area contributed by atoms with E-state index in [4.69, 9.17) is 4.74 Å². The second-order valence-electron chi connectivity index (χ2n) is 11.1. The molecule has 3 aromatic rings. The number of esters is 1. The highest BCUT2D eigenvalue weighted by Gasteiger charge is 2.41. The Hall–Kier alpha value is -3.97. The normalized spacial score (nSPS) is 16.4. The number of likely N-dealkylation sites (tertiary alicyclic amines) is 1. The average molecular weight is 556 g/mol. The molecule has 1 fully saturated rings. The van der Waals surface area contributed by atoms with Gasteiger partial charge in [-0.05, 0) is 41.9 Å². The van der Waals surface area contributed by atoms with Crippen LogP contribution in [0.5, 0.6) is 0 Å². The Morgan fingerprint density at radius 1 is 0.878 bits per heavy atom. The molecule has 0 unspecified atom stereocenters. The molecule has 7 nitrogen and oxygen atoms in total. The molecule has 41 heavy (non-hydrogen) atoms. The van der Waals surface area contributed by atoms with Crippen molar-refractivity contribution in [2.75, 3.05) is 13.7 Å². The first-order valence-corrected chi connectivity index (χ1v) is 14.4. The van der Waals surface area contributed by atoms with Gasteiger partial charge in [0.1, 0.15) is 18.1 Å². The summed E-state index contributed by atoms with van der Waals surface area (Å²) in [5.41, 5.74) is 3.08. The standard InChI is InChI=1S/C34H41N3O4/c1-25(2)22-29(34(40)41-3)35-32(38)30-20-13-21-37(30)33(39)31(28-18-11-6-12-19-28)36(23-26-14-7-4-8-15-26)24-27-16-9-5-10-17-27/h4-12,14-19,25,29-31H,13,20-24H2,1-3H3,(H,35,38)/t29-,30-,31+/m0/s1. The van der Waals surface area contributed by atoms with Crippen LogP contribution in [0.15, 0.2) is 91.0 Å². The van der Waals surface area contributed by atoms with E-state index in [0.717, 1.165) is 23.1 Å². The lowest BCUT2D eigenvalue weighted by molar-refractivity contribution is -0.147. The third kappa shape index (κ3) is 8.04. The Balaban J connectivity index is 1.66. The molecule has 0 bridgehead atoms. The molecule has 7 heteroatoms. The molecule has 0 spiro atoms. The van der Waals surface area contributed by atoms with E-state index in [1.807, 2.05) is 80.6 Å². The fourth-order valence-electron chi connectivity index (χ4n) is 5.58. The maximum absolute atomic E-state index is 14.5. The average Bonchev–Trinajstić information content (AvgIpc) is 3.48. The molecular weight excluding hydrogens is 514 g/mol. The highest BCUT2D eigenvalue weighted by atomic mass is 16.5. The van der Waals surface area contributed by atoms with Gasteiger partial charge in [0.25, 0.3) is 0 Å². The van der Waals surface area contributed by atoms with Crippen LogP contribution in [0.25, 0.3) is 0 Å². The number of nitrogens with one attached hydrogen (secondary N) is 1. The highest BCUT2D eigenvalue weighted by Crippen LogP contribution is 2.31. The molecule has 1 heterocycles. The highest BCUT2D eigenvalue weighted by molar-refractivity contribution is 5.93. The zero-order chi connectivity index (χ0) is 29.2. The number of benzene rings is 3. The topological polar surface area (TPSA) is 79.0 Å². The van der Waals surface area contributed by atoms with Crippen molar-refractivity contribution in [3.8, 4) is 0 Å². The molecule has 1 N–H and O–H groups in total. The Bertz CT molecular complexity index is 1230. The van der Waals surface area contributed by atoms with Gasteiger partial charge in [-0.15, -0.1) is 0 Å². The van der Waals surface area contributed by atoms with Gasteiger partial charge in [0, 0.05) is 19.6 Å². The van der Waals surface area contributed by atoms with Crippen LogP contribution in [0.1, 0.15) is 55.8 Å². The van der Waals surface area contributed by atoms with E-state index in [1.54, 1.807) is 4.90 Å². The number of hydrogen-bond donors (Lipinski definition) is 1.